The Labute approximate surface area is 192 Å². The SMILES string of the molecule is Cc1ccc(NC(=O)CSc2nc3c(sc(=S)n3-c3ccc(C)cc3)c(=O)n2C)cc1. The summed E-state index contributed by atoms with van der Waals surface area (Å²) in [5.74, 6) is -0.0291. The maximum Gasteiger partial charge on any atom is 0.273 e. The number of thiazole rings is 1. The van der Waals surface area contributed by atoms with Crippen LogP contribution in [0.25, 0.3) is 16.0 Å². The van der Waals surface area contributed by atoms with Gasteiger partial charge in [0.25, 0.3) is 5.56 Å². The van der Waals surface area contributed by atoms with Crippen molar-refractivity contribution >= 4 is 57.3 Å². The van der Waals surface area contributed by atoms with Crippen LogP contribution >= 0.6 is 35.3 Å². The van der Waals surface area contributed by atoms with Gasteiger partial charge in [0.1, 0.15) is 4.70 Å². The normalized spacial score (nSPS) is 11.1. The summed E-state index contributed by atoms with van der Waals surface area (Å²) >= 11 is 7.99. The molecule has 0 unspecified atom stereocenters. The van der Waals surface area contributed by atoms with Gasteiger partial charge in [-0.3, -0.25) is 18.7 Å². The molecule has 0 aliphatic carbocycles. The number of anilines is 1. The van der Waals surface area contributed by atoms with Gasteiger partial charge in [-0.1, -0.05) is 58.5 Å². The minimum absolute atomic E-state index is 0.134. The van der Waals surface area contributed by atoms with E-state index in [9.17, 15) is 9.59 Å². The summed E-state index contributed by atoms with van der Waals surface area (Å²) < 4.78 is 4.34. The molecule has 0 aliphatic heterocycles. The van der Waals surface area contributed by atoms with Gasteiger partial charge in [-0.15, -0.1) is 0 Å². The van der Waals surface area contributed by atoms with Gasteiger partial charge in [-0.25, -0.2) is 4.98 Å². The third kappa shape index (κ3) is 4.48. The fourth-order valence-corrected chi connectivity index (χ4v) is 5.14. The predicted octanol–water partition coefficient (Wildman–Crippen LogP) is 4.86. The van der Waals surface area contributed by atoms with Gasteiger partial charge in [0, 0.05) is 18.4 Å². The number of thioether (sulfide) groups is 1. The lowest BCUT2D eigenvalue weighted by molar-refractivity contribution is -0.113. The first-order valence-corrected chi connectivity index (χ1v) is 11.7. The van der Waals surface area contributed by atoms with Crippen molar-refractivity contribution in [1.82, 2.24) is 14.1 Å². The zero-order valence-corrected chi connectivity index (χ0v) is 19.7. The highest BCUT2D eigenvalue weighted by molar-refractivity contribution is 7.99. The molecular weight excluding hydrogens is 448 g/mol. The van der Waals surface area contributed by atoms with E-state index in [1.807, 2.05) is 66.9 Å². The van der Waals surface area contributed by atoms with Crippen LogP contribution in [0.2, 0.25) is 0 Å². The maximum absolute atomic E-state index is 12.9. The van der Waals surface area contributed by atoms with E-state index in [-0.39, 0.29) is 17.2 Å². The van der Waals surface area contributed by atoms with Crippen LogP contribution in [0.15, 0.2) is 58.5 Å². The fraction of sp³-hybridized carbons (Fsp3) is 0.182. The lowest BCUT2D eigenvalue weighted by Gasteiger charge is -2.10. The van der Waals surface area contributed by atoms with E-state index in [1.54, 1.807) is 7.05 Å². The largest absolute Gasteiger partial charge is 0.325 e. The molecule has 0 aliphatic rings. The molecule has 9 heteroatoms. The highest BCUT2D eigenvalue weighted by Gasteiger charge is 2.17. The molecule has 158 valence electrons. The molecule has 4 aromatic rings. The van der Waals surface area contributed by atoms with Gasteiger partial charge in [-0.05, 0) is 50.3 Å². The van der Waals surface area contributed by atoms with Gasteiger partial charge in [-0.2, -0.15) is 0 Å². The average molecular weight is 469 g/mol. The third-order valence-electron chi connectivity index (χ3n) is 4.73. The molecule has 2 heterocycles. The van der Waals surface area contributed by atoms with Gasteiger partial charge in [0.2, 0.25) is 5.91 Å². The van der Waals surface area contributed by atoms with Crippen molar-refractivity contribution in [2.24, 2.45) is 7.05 Å². The Morgan fingerprint density at radius 2 is 1.71 bits per heavy atom. The summed E-state index contributed by atoms with van der Waals surface area (Å²) in [5, 5.41) is 3.33. The molecule has 1 N–H and O–H groups in total. The summed E-state index contributed by atoms with van der Waals surface area (Å²) in [6.45, 7) is 4.00. The van der Waals surface area contributed by atoms with Crippen molar-refractivity contribution in [2.45, 2.75) is 19.0 Å². The van der Waals surface area contributed by atoms with Gasteiger partial charge >= 0.3 is 0 Å². The Morgan fingerprint density at radius 1 is 1.10 bits per heavy atom. The van der Waals surface area contributed by atoms with E-state index in [0.29, 0.717) is 19.5 Å². The number of carbonyl (C=O) groups excluding carboxylic acids is 1. The summed E-state index contributed by atoms with van der Waals surface area (Å²) in [6.07, 6.45) is 0. The average Bonchev–Trinajstić information content (AvgIpc) is 3.08. The number of aryl methyl sites for hydroxylation is 2. The van der Waals surface area contributed by atoms with Gasteiger partial charge in [0.05, 0.1) is 5.75 Å². The first-order chi connectivity index (χ1) is 14.8. The molecule has 31 heavy (non-hydrogen) atoms. The van der Waals surface area contributed by atoms with Crippen LogP contribution < -0.4 is 10.9 Å². The Kier molecular flexibility index (Phi) is 6.08. The van der Waals surface area contributed by atoms with Crippen molar-refractivity contribution in [3.63, 3.8) is 0 Å². The quantitative estimate of drug-likeness (QED) is 0.257. The summed E-state index contributed by atoms with van der Waals surface area (Å²) in [4.78, 5) is 30.0. The molecular formula is C22H20N4O2S3. The number of hydrogen-bond donors (Lipinski definition) is 1. The number of amides is 1. The first kappa shape index (κ1) is 21.5. The van der Waals surface area contributed by atoms with E-state index in [2.05, 4.69) is 5.32 Å². The molecule has 0 spiro atoms. The molecule has 2 aromatic carbocycles. The van der Waals surface area contributed by atoms with Crippen molar-refractivity contribution < 1.29 is 4.79 Å². The van der Waals surface area contributed by atoms with Crippen LogP contribution in [0.1, 0.15) is 11.1 Å². The molecule has 0 bridgehead atoms. The highest BCUT2D eigenvalue weighted by Crippen LogP contribution is 2.25. The predicted molar refractivity (Wildman–Crippen MR) is 130 cm³/mol. The first-order valence-electron chi connectivity index (χ1n) is 9.52. The smallest absolute Gasteiger partial charge is 0.273 e. The highest BCUT2D eigenvalue weighted by atomic mass is 32.2. The van der Waals surface area contributed by atoms with Crippen molar-refractivity contribution in [3.05, 3.63) is 74.0 Å². The van der Waals surface area contributed by atoms with Crippen LogP contribution in [-0.2, 0) is 11.8 Å². The van der Waals surface area contributed by atoms with E-state index >= 15 is 0 Å². The van der Waals surface area contributed by atoms with Crippen LogP contribution in [0, 0.1) is 17.8 Å². The monoisotopic (exact) mass is 468 g/mol. The van der Waals surface area contributed by atoms with Crippen LogP contribution in [0.5, 0.6) is 0 Å². The van der Waals surface area contributed by atoms with E-state index < -0.39 is 0 Å². The van der Waals surface area contributed by atoms with E-state index in [4.69, 9.17) is 17.2 Å². The molecule has 2 aromatic heterocycles. The summed E-state index contributed by atoms with van der Waals surface area (Å²) in [7, 11) is 1.66. The lowest BCUT2D eigenvalue weighted by Crippen LogP contribution is -2.21. The second-order valence-corrected chi connectivity index (χ2v) is 9.74. The lowest BCUT2D eigenvalue weighted by atomic mass is 10.2. The molecule has 0 saturated heterocycles. The molecule has 0 radical (unpaired) electrons. The fourth-order valence-electron chi connectivity index (χ4n) is 3.03. The Hall–Kier alpha value is -2.75. The third-order valence-corrected chi connectivity index (χ3v) is 7.12. The molecule has 0 saturated carbocycles. The zero-order valence-electron chi connectivity index (χ0n) is 17.2. The Balaban J connectivity index is 1.64. The summed E-state index contributed by atoms with van der Waals surface area (Å²) in [5.41, 5.74) is 4.19. The van der Waals surface area contributed by atoms with Gasteiger partial charge in [0.15, 0.2) is 14.8 Å². The van der Waals surface area contributed by atoms with Gasteiger partial charge < -0.3 is 5.32 Å². The number of carbonyl (C=O) groups is 1. The second kappa shape index (κ2) is 8.78. The number of hydrogen-bond acceptors (Lipinski definition) is 6. The van der Waals surface area contributed by atoms with E-state index in [0.717, 1.165) is 22.5 Å². The number of nitrogens with zero attached hydrogens (tertiary/aromatic N) is 3. The van der Waals surface area contributed by atoms with Crippen molar-refractivity contribution in [1.29, 1.82) is 0 Å². The number of aromatic nitrogens is 3. The molecule has 0 atom stereocenters. The van der Waals surface area contributed by atoms with Crippen molar-refractivity contribution in [2.75, 3.05) is 11.1 Å². The van der Waals surface area contributed by atoms with Crippen LogP contribution in [0.3, 0.4) is 0 Å². The minimum Gasteiger partial charge on any atom is -0.325 e. The minimum atomic E-state index is -0.173. The second-order valence-electron chi connectivity index (χ2n) is 7.15. The number of fused-ring (bicyclic) bond motifs is 1. The van der Waals surface area contributed by atoms with Crippen LogP contribution in [-0.4, -0.2) is 25.8 Å². The molecule has 1 amide bonds. The van der Waals surface area contributed by atoms with E-state index in [1.165, 1.54) is 27.7 Å². The summed E-state index contributed by atoms with van der Waals surface area (Å²) in [6, 6.07) is 15.5. The van der Waals surface area contributed by atoms with Crippen molar-refractivity contribution in [3.8, 4) is 5.69 Å². The molecule has 6 nitrogen and oxygen atoms in total. The number of nitrogens with one attached hydrogen (secondary N) is 1. The maximum atomic E-state index is 12.9. The zero-order chi connectivity index (χ0) is 22.1. The van der Waals surface area contributed by atoms with Crippen LogP contribution in [0.4, 0.5) is 5.69 Å². The Bertz CT molecular complexity index is 1380. The standard InChI is InChI=1S/C22H20N4O2S3/c1-13-4-8-15(9-5-13)23-17(27)12-30-21-24-19-18(20(28)25(21)3)31-22(29)26(19)16-10-6-14(2)7-11-16/h4-11H,12H2,1-3H3,(H,23,27). The molecule has 0 fully saturated rings. The number of rotatable bonds is 5. The topological polar surface area (TPSA) is 68.9 Å². The number of benzene rings is 2. The molecule has 4 rings (SSSR count). The Morgan fingerprint density at radius 3 is 2.35 bits per heavy atom.